The maximum absolute atomic E-state index is 11.7. The second-order valence-corrected chi connectivity index (χ2v) is 3.70. The van der Waals surface area contributed by atoms with Crippen molar-refractivity contribution in [2.45, 2.75) is 13.5 Å². The van der Waals surface area contributed by atoms with Crippen molar-refractivity contribution in [1.82, 2.24) is 25.3 Å². The molecule has 0 fully saturated rings. The van der Waals surface area contributed by atoms with Gasteiger partial charge < -0.3 is 10.3 Å². The van der Waals surface area contributed by atoms with E-state index in [0.717, 1.165) is 5.56 Å². The number of rotatable bonds is 3. The summed E-state index contributed by atoms with van der Waals surface area (Å²) >= 11 is 0. The Bertz CT molecular complexity index is 561. The Hall–Kier alpha value is -2.08. The number of hydrogen-bond donors (Lipinski definition) is 2. The Kier molecular flexibility index (Phi) is 3.24. The molecule has 2 heterocycles. The average Bonchev–Trinajstić information content (AvgIpc) is 2.33. The Morgan fingerprint density at radius 2 is 1.94 bits per heavy atom. The first kappa shape index (κ1) is 11.4. The summed E-state index contributed by atoms with van der Waals surface area (Å²) in [7, 11) is 1.77. The van der Waals surface area contributed by atoms with Crippen LogP contribution in [-0.2, 0) is 6.54 Å². The fourth-order valence-corrected chi connectivity index (χ4v) is 1.37. The summed E-state index contributed by atoms with van der Waals surface area (Å²) in [6, 6.07) is 0. The van der Waals surface area contributed by atoms with E-state index in [0.29, 0.717) is 23.8 Å². The Balaban J connectivity index is 2.37. The second kappa shape index (κ2) is 4.84. The summed E-state index contributed by atoms with van der Waals surface area (Å²) in [5.74, 6) is 0.804. The first-order chi connectivity index (χ1) is 8.20. The Labute approximate surface area is 98.2 Å². The molecule has 6 heteroatoms. The van der Waals surface area contributed by atoms with E-state index in [1.165, 1.54) is 6.20 Å². The third-order valence-electron chi connectivity index (χ3n) is 2.23. The van der Waals surface area contributed by atoms with Crippen LogP contribution in [0.5, 0.6) is 0 Å². The molecule has 0 unspecified atom stereocenters. The minimum atomic E-state index is -0.173. The zero-order valence-corrected chi connectivity index (χ0v) is 9.69. The van der Waals surface area contributed by atoms with Gasteiger partial charge in [-0.3, -0.25) is 4.79 Å². The minimum absolute atomic E-state index is 0.173. The number of hydrogen-bond acceptors (Lipinski definition) is 5. The number of aryl methyl sites for hydroxylation is 1. The molecule has 88 valence electrons. The molecule has 0 atom stereocenters. The van der Waals surface area contributed by atoms with Crippen molar-refractivity contribution in [3.05, 3.63) is 40.1 Å². The Morgan fingerprint density at radius 3 is 2.53 bits per heavy atom. The van der Waals surface area contributed by atoms with Gasteiger partial charge in [0.2, 0.25) is 0 Å². The van der Waals surface area contributed by atoms with Crippen LogP contribution in [0.15, 0.2) is 23.4 Å². The van der Waals surface area contributed by atoms with Gasteiger partial charge in [-0.25, -0.2) is 15.0 Å². The van der Waals surface area contributed by atoms with Gasteiger partial charge in [0.15, 0.2) is 11.6 Å². The minimum Gasteiger partial charge on any atom is -0.315 e. The topological polar surface area (TPSA) is 83.6 Å². The molecule has 2 aromatic heterocycles. The van der Waals surface area contributed by atoms with E-state index in [1.54, 1.807) is 19.4 Å². The quantitative estimate of drug-likeness (QED) is 0.791. The standard InChI is InChI=1S/C11H13N5O/c1-7-3-13-9(14-4-7)10-15-6-8(5-12-2)11(17)16-10/h3-4,6,12H,5H2,1-2H3,(H,15,16,17). The van der Waals surface area contributed by atoms with Crippen LogP contribution in [0, 0.1) is 6.92 Å². The molecule has 0 amide bonds. The van der Waals surface area contributed by atoms with Gasteiger partial charge in [0.1, 0.15) is 0 Å². The summed E-state index contributed by atoms with van der Waals surface area (Å²) in [5.41, 5.74) is 1.37. The molecule has 17 heavy (non-hydrogen) atoms. The molecule has 0 saturated carbocycles. The average molecular weight is 231 g/mol. The third-order valence-corrected chi connectivity index (χ3v) is 2.23. The number of aromatic nitrogens is 4. The first-order valence-electron chi connectivity index (χ1n) is 5.22. The largest absolute Gasteiger partial charge is 0.315 e. The summed E-state index contributed by atoms with van der Waals surface area (Å²) in [6.07, 6.45) is 4.90. The highest BCUT2D eigenvalue weighted by Gasteiger charge is 2.06. The lowest BCUT2D eigenvalue weighted by Gasteiger charge is -2.01. The van der Waals surface area contributed by atoms with Crippen LogP contribution in [0.1, 0.15) is 11.1 Å². The lowest BCUT2D eigenvalue weighted by Crippen LogP contribution is -2.19. The van der Waals surface area contributed by atoms with Crippen LogP contribution >= 0.6 is 0 Å². The fraction of sp³-hybridized carbons (Fsp3) is 0.273. The van der Waals surface area contributed by atoms with Crippen LogP contribution in [0.3, 0.4) is 0 Å². The summed E-state index contributed by atoms with van der Waals surface area (Å²) < 4.78 is 0. The van der Waals surface area contributed by atoms with Gasteiger partial charge in [-0.05, 0) is 19.5 Å². The van der Waals surface area contributed by atoms with E-state index in [-0.39, 0.29) is 5.56 Å². The summed E-state index contributed by atoms with van der Waals surface area (Å²) in [4.78, 5) is 26.7. The zero-order chi connectivity index (χ0) is 12.3. The molecule has 2 N–H and O–H groups in total. The van der Waals surface area contributed by atoms with E-state index in [1.807, 2.05) is 6.92 Å². The van der Waals surface area contributed by atoms with Crippen molar-refractivity contribution in [2.24, 2.45) is 0 Å². The molecule has 0 aliphatic carbocycles. The van der Waals surface area contributed by atoms with E-state index in [9.17, 15) is 4.79 Å². The van der Waals surface area contributed by atoms with Crippen molar-refractivity contribution < 1.29 is 0 Å². The SMILES string of the molecule is CNCc1cnc(-c2ncc(C)cn2)[nH]c1=O. The van der Waals surface area contributed by atoms with Gasteiger partial charge in [0.25, 0.3) is 5.56 Å². The first-order valence-corrected chi connectivity index (χ1v) is 5.22. The van der Waals surface area contributed by atoms with E-state index in [2.05, 4.69) is 25.3 Å². The van der Waals surface area contributed by atoms with Gasteiger partial charge in [0.05, 0.1) is 0 Å². The molecule has 0 aromatic carbocycles. The fourth-order valence-electron chi connectivity index (χ4n) is 1.37. The molecular formula is C11H13N5O. The molecule has 0 aliphatic heterocycles. The van der Waals surface area contributed by atoms with Crippen LogP contribution in [0.25, 0.3) is 11.6 Å². The molecule has 0 aliphatic rings. The molecule has 0 radical (unpaired) electrons. The van der Waals surface area contributed by atoms with E-state index < -0.39 is 0 Å². The lowest BCUT2D eigenvalue weighted by molar-refractivity contribution is 0.797. The predicted molar refractivity (Wildman–Crippen MR) is 63.4 cm³/mol. The zero-order valence-electron chi connectivity index (χ0n) is 9.69. The van der Waals surface area contributed by atoms with Crippen molar-refractivity contribution in [1.29, 1.82) is 0 Å². The maximum Gasteiger partial charge on any atom is 0.255 e. The van der Waals surface area contributed by atoms with Crippen molar-refractivity contribution in [3.8, 4) is 11.6 Å². The van der Waals surface area contributed by atoms with Crippen LogP contribution < -0.4 is 10.9 Å². The molecule has 2 rings (SSSR count). The number of nitrogens with one attached hydrogen (secondary N) is 2. The summed E-state index contributed by atoms with van der Waals surface area (Å²) in [6.45, 7) is 2.38. The molecule has 0 spiro atoms. The van der Waals surface area contributed by atoms with Crippen LogP contribution in [-0.4, -0.2) is 27.0 Å². The highest BCUT2D eigenvalue weighted by Crippen LogP contribution is 2.05. The Morgan fingerprint density at radius 1 is 1.24 bits per heavy atom. The number of H-pyrrole nitrogens is 1. The van der Waals surface area contributed by atoms with Crippen molar-refractivity contribution in [3.63, 3.8) is 0 Å². The summed E-state index contributed by atoms with van der Waals surface area (Å²) in [5, 5.41) is 2.90. The second-order valence-electron chi connectivity index (χ2n) is 3.70. The number of aromatic amines is 1. The van der Waals surface area contributed by atoms with Gasteiger partial charge in [-0.1, -0.05) is 0 Å². The van der Waals surface area contributed by atoms with E-state index in [4.69, 9.17) is 0 Å². The van der Waals surface area contributed by atoms with Gasteiger partial charge in [-0.2, -0.15) is 0 Å². The lowest BCUT2D eigenvalue weighted by atomic mass is 10.3. The van der Waals surface area contributed by atoms with Gasteiger partial charge in [0, 0.05) is 30.7 Å². The van der Waals surface area contributed by atoms with Crippen molar-refractivity contribution >= 4 is 0 Å². The third kappa shape index (κ3) is 2.54. The highest BCUT2D eigenvalue weighted by atomic mass is 16.1. The van der Waals surface area contributed by atoms with Crippen molar-refractivity contribution in [2.75, 3.05) is 7.05 Å². The monoisotopic (exact) mass is 231 g/mol. The molecule has 0 bridgehead atoms. The predicted octanol–water partition coefficient (Wildman–Crippen LogP) is 0.255. The van der Waals surface area contributed by atoms with Crippen LogP contribution in [0.4, 0.5) is 0 Å². The molecule has 0 saturated heterocycles. The van der Waals surface area contributed by atoms with Gasteiger partial charge in [-0.15, -0.1) is 0 Å². The smallest absolute Gasteiger partial charge is 0.255 e. The molecule has 6 nitrogen and oxygen atoms in total. The van der Waals surface area contributed by atoms with Gasteiger partial charge >= 0.3 is 0 Å². The normalized spacial score (nSPS) is 10.5. The molecule has 2 aromatic rings. The van der Waals surface area contributed by atoms with Crippen LogP contribution in [0.2, 0.25) is 0 Å². The molecular weight excluding hydrogens is 218 g/mol. The van der Waals surface area contributed by atoms with E-state index >= 15 is 0 Å². The maximum atomic E-state index is 11.7. The number of nitrogens with zero attached hydrogens (tertiary/aromatic N) is 3. The highest BCUT2D eigenvalue weighted by molar-refractivity contribution is 5.41.